The van der Waals surface area contributed by atoms with Crippen molar-refractivity contribution in [3.8, 4) is 5.69 Å². The average Bonchev–Trinajstić information content (AvgIpc) is 3.23. The van der Waals surface area contributed by atoms with Crippen LogP contribution in [-0.2, 0) is 6.54 Å². The molecule has 1 aliphatic rings. The third-order valence-corrected chi connectivity index (χ3v) is 4.39. The molecule has 0 radical (unpaired) electrons. The van der Waals surface area contributed by atoms with Crippen molar-refractivity contribution >= 4 is 6.03 Å². The second-order valence-corrected chi connectivity index (χ2v) is 6.08. The van der Waals surface area contributed by atoms with Crippen molar-refractivity contribution in [2.24, 2.45) is 5.92 Å². The molecule has 0 saturated heterocycles. The Labute approximate surface area is 139 Å². The van der Waals surface area contributed by atoms with Gasteiger partial charge in [0.15, 0.2) is 0 Å². The number of halogens is 1. The van der Waals surface area contributed by atoms with Crippen LogP contribution < -0.4 is 10.6 Å². The number of amides is 2. The van der Waals surface area contributed by atoms with Crippen molar-refractivity contribution in [1.29, 1.82) is 0 Å². The van der Waals surface area contributed by atoms with E-state index in [-0.39, 0.29) is 30.4 Å². The van der Waals surface area contributed by atoms with Crippen LogP contribution in [0.1, 0.15) is 24.8 Å². The maximum atomic E-state index is 14.1. The molecule has 1 aliphatic carbocycles. The van der Waals surface area contributed by atoms with E-state index in [1.54, 1.807) is 29.1 Å². The Balaban J connectivity index is 1.49. The third-order valence-electron chi connectivity index (χ3n) is 4.39. The molecule has 2 atom stereocenters. The predicted octanol–water partition coefficient (Wildman–Crippen LogP) is 1.97. The molecule has 3 N–H and O–H groups in total. The molecule has 3 rings (SSSR count). The number of hydrogen-bond donors (Lipinski definition) is 3. The van der Waals surface area contributed by atoms with Gasteiger partial charge in [0.2, 0.25) is 0 Å². The lowest BCUT2D eigenvalue weighted by Gasteiger charge is -2.15. The first-order chi connectivity index (χ1) is 11.6. The van der Waals surface area contributed by atoms with Crippen molar-refractivity contribution < 1.29 is 14.3 Å². The Morgan fingerprint density at radius 3 is 2.92 bits per heavy atom. The van der Waals surface area contributed by atoms with Gasteiger partial charge in [-0.05, 0) is 30.5 Å². The van der Waals surface area contributed by atoms with Crippen molar-refractivity contribution in [3.63, 3.8) is 0 Å². The predicted molar refractivity (Wildman–Crippen MR) is 87.1 cm³/mol. The Hall–Kier alpha value is -2.41. The number of aliphatic hydroxyl groups excluding tert-OH is 1. The van der Waals surface area contributed by atoms with Crippen LogP contribution in [0.2, 0.25) is 0 Å². The van der Waals surface area contributed by atoms with Gasteiger partial charge in [0.1, 0.15) is 5.82 Å². The number of aliphatic hydroxyl groups is 1. The molecule has 2 unspecified atom stereocenters. The Bertz CT molecular complexity index is 690. The molecule has 6 nitrogen and oxygen atoms in total. The Morgan fingerprint density at radius 2 is 2.25 bits per heavy atom. The summed E-state index contributed by atoms with van der Waals surface area (Å²) in [6, 6.07) is 4.50. The number of imidazole rings is 1. The minimum Gasteiger partial charge on any atom is -0.393 e. The van der Waals surface area contributed by atoms with E-state index in [9.17, 15) is 14.3 Å². The van der Waals surface area contributed by atoms with Gasteiger partial charge in [-0.2, -0.15) is 0 Å². The van der Waals surface area contributed by atoms with Crippen molar-refractivity contribution in [1.82, 2.24) is 20.2 Å². The lowest BCUT2D eigenvalue weighted by atomic mass is 10.1. The smallest absolute Gasteiger partial charge is 0.315 e. The molecule has 2 amide bonds. The maximum absolute atomic E-state index is 14.1. The van der Waals surface area contributed by atoms with Crippen LogP contribution in [0, 0.1) is 11.7 Å². The van der Waals surface area contributed by atoms with E-state index < -0.39 is 0 Å². The first-order valence-corrected chi connectivity index (χ1v) is 8.10. The van der Waals surface area contributed by atoms with Gasteiger partial charge < -0.3 is 20.3 Å². The minimum atomic E-state index is -0.373. The van der Waals surface area contributed by atoms with Gasteiger partial charge in [0.05, 0.1) is 18.1 Å². The highest BCUT2D eigenvalue weighted by Crippen LogP contribution is 2.24. The summed E-state index contributed by atoms with van der Waals surface area (Å²) in [6.07, 6.45) is 7.19. The molecular weight excluding hydrogens is 311 g/mol. The molecule has 1 fully saturated rings. The zero-order valence-electron chi connectivity index (χ0n) is 13.3. The number of urea groups is 1. The summed E-state index contributed by atoms with van der Waals surface area (Å²) in [4.78, 5) is 15.7. The summed E-state index contributed by atoms with van der Waals surface area (Å²) in [5, 5.41) is 15.2. The Kier molecular flexibility index (Phi) is 5.10. The van der Waals surface area contributed by atoms with E-state index in [0.717, 1.165) is 19.3 Å². The molecule has 0 spiro atoms. The number of hydrogen-bond acceptors (Lipinski definition) is 3. The molecule has 1 aromatic heterocycles. The summed E-state index contributed by atoms with van der Waals surface area (Å²) in [7, 11) is 0. The summed E-state index contributed by atoms with van der Waals surface area (Å²) < 4.78 is 15.7. The molecule has 7 heteroatoms. The van der Waals surface area contributed by atoms with Gasteiger partial charge in [-0.15, -0.1) is 0 Å². The largest absolute Gasteiger partial charge is 0.393 e. The van der Waals surface area contributed by atoms with Gasteiger partial charge >= 0.3 is 6.03 Å². The molecule has 0 aliphatic heterocycles. The minimum absolute atomic E-state index is 0.127. The molecule has 1 heterocycles. The van der Waals surface area contributed by atoms with E-state index in [4.69, 9.17) is 0 Å². The normalized spacial score (nSPS) is 20.1. The van der Waals surface area contributed by atoms with Gasteiger partial charge in [0, 0.05) is 31.4 Å². The average molecular weight is 332 g/mol. The standard InChI is InChI=1S/C17H21FN4O2/c18-14-8-12(4-5-15(14)22-7-6-19-11-22)9-20-17(24)21-10-13-2-1-3-16(13)23/h4-8,11,13,16,23H,1-3,9-10H2,(H2,20,21,24). The number of carbonyl (C=O) groups excluding carboxylic acids is 1. The molecule has 1 saturated carbocycles. The Morgan fingerprint density at radius 1 is 1.38 bits per heavy atom. The SMILES string of the molecule is O=C(NCc1ccc(-n2ccnc2)c(F)c1)NCC1CCCC1O. The highest BCUT2D eigenvalue weighted by Gasteiger charge is 2.25. The number of carbonyl (C=O) groups is 1. The number of nitrogens with one attached hydrogen (secondary N) is 2. The maximum Gasteiger partial charge on any atom is 0.315 e. The van der Waals surface area contributed by atoms with E-state index in [0.29, 0.717) is 17.8 Å². The van der Waals surface area contributed by atoms with Crippen molar-refractivity contribution in [2.75, 3.05) is 6.54 Å². The van der Waals surface area contributed by atoms with Crippen LogP contribution in [0.25, 0.3) is 5.69 Å². The van der Waals surface area contributed by atoms with E-state index in [1.165, 1.54) is 12.4 Å². The van der Waals surface area contributed by atoms with Crippen LogP contribution in [0.4, 0.5) is 9.18 Å². The van der Waals surface area contributed by atoms with E-state index >= 15 is 0 Å². The molecular formula is C17H21FN4O2. The fourth-order valence-electron chi connectivity index (χ4n) is 3.00. The topological polar surface area (TPSA) is 79.2 Å². The first kappa shape index (κ1) is 16.4. The first-order valence-electron chi connectivity index (χ1n) is 8.10. The molecule has 24 heavy (non-hydrogen) atoms. The third kappa shape index (κ3) is 3.91. The summed E-state index contributed by atoms with van der Waals surface area (Å²) in [6.45, 7) is 0.696. The monoisotopic (exact) mass is 332 g/mol. The molecule has 1 aromatic carbocycles. The van der Waals surface area contributed by atoms with Crippen LogP contribution >= 0.6 is 0 Å². The fourth-order valence-corrected chi connectivity index (χ4v) is 3.00. The molecule has 0 bridgehead atoms. The summed E-state index contributed by atoms with van der Waals surface area (Å²) in [5.41, 5.74) is 1.09. The highest BCUT2D eigenvalue weighted by atomic mass is 19.1. The number of rotatable bonds is 5. The highest BCUT2D eigenvalue weighted by molar-refractivity contribution is 5.73. The van der Waals surface area contributed by atoms with Gasteiger partial charge in [0.25, 0.3) is 0 Å². The zero-order chi connectivity index (χ0) is 16.9. The van der Waals surface area contributed by atoms with Crippen LogP contribution in [0.15, 0.2) is 36.9 Å². The summed E-state index contributed by atoms with van der Waals surface area (Å²) in [5.74, 6) is -0.246. The zero-order valence-corrected chi connectivity index (χ0v) is 13.3. The van der Waals surface area contributed by atoms with Crippen molar-refractivity contribution in [2.45, 2.75) is 31.9 Å². The number of aromatic nitrogens is 2. The summed E-state index contributed by atoms with van der Waals surface area (Å²) >= 11 is 0. The lowest BCUT2D eigenvalue weighted by Crippen LogP contribution is -2.39. The number of nitrogens with zero attached hydrogens (tertiary/aromatic N) is 2. The van der Waals surface area contributed by atoms with E-state index in [2.05, 4.69) is 15.6 Å². The van der Waals surface area contributed by atoms with Crippen molar-refractivity contribution in [3.05, 3.63) is 48.3 Å². The lowest BCUT2D eigenvalue weighted by molar-refractivity contribution is 0.132. The number of benzene rings is 1. The van der Waals surface area contributed by atoms with Gasteiger partial charge in [-0.3, -0.25) is 0 Å². The second kappa shape index (κ2) is 7.44. The van der Waals surface area contributed by atoms with Crippen LogP contribution in [0.3, 0.4) is 0 Å². The molecule has 2 aromatic rings. The van der Waals surface area contributed by atoms with E-state index in [1.807, 2.05) is 0 Å². The molecule has 128 valence electrons. The van der Waals surface area contributed by atoms with Crippen LogP contribution in [-0.4, -0.2) is 33.3 Å². The van der Waals surface area contributed by atoms with Gasteiger partial charge in [-0.1, -0.05) is 12.5 Å². The second-order valence-electron chi connectivity index (χ2n) is 6.08. The quantitative estimate of drug-likeness (QED) is 0.783. The van der Waals surface area contributed by atoms with Gasteiger partial charge in [-0.25, -0.2) is 14.2 Å². The fraction of sp³-hybridized carbons (Fsp3) is 0.412. The van der Waals surface area contributed by atoms with Crippen LogP contribution in [0.5, 0.6) is 0 Å².